The molecule has 3 aliphatic heterocycles. The normalized spacial score (nSPS) is 22.3. The van der Waals surface area contributed by atoms with Gasteiger partial charge in [-0.25, -0.2) is 0 Å². The van der Waals surface area contributed by atoms with Gasteiger partial charge in [0, 0.05) is 32.2 Å². The standard InChI is InChI=1S/C23H28N2O3/c26-12-13-28-22-10-6-19(7-11-22)14-24-16-20-8-9-21(17-24)25(23(20)27)15-18-4-2-1-3-5-18/h1-7,10-11,20-21,26H,8-9,12-17H2/t20-,21+/m0/s1. The van der Waals surface area contributed by atoms with E-state index in [2.05, 4.69) is 34.1 Å². The lowest BCUT2D eigenvalue weighted by Crippen LogP contribution is -2.47. The van der Waals surface area contributed by atoms with E-state index in [1.807, 2.05) is 30.3 Å². The van der Waals surface area contributed by atoms with Crippen molar-refractivity contribution in [3.63, 3.8) is 0 Å². The van der Waals surface area contributed by atoms with Gasteiger partial charge in [0.2, 0.25) is 5.91 Å². The van der Waals surface area contributed by atoms with Crippen LogP contribution in [-0.2, 0) is 17.9 Å². The second kappa shape index (κ2) is 8.76. The summed E-state index contributed by atoms with van der Waals surface area (Å²) < 4.78 is 5.43. The molecular weight excluding hydrogens is 352 g/mol. The summed E-state index contributed by atoms with van der Waals surface area (Å²) in [5.41, 5.74) is 2.42. The molecule has 0 saturated carbocycles. The van der Waals surface area contributed by atoms with Crippen molar-refractivity contribution in [3.8, 4) is 5.75 Å². The number of amides is 1. The third-order valence-corrected chi connectivity index (χ3v) is 5.75. The molecule has 1 amide bonds. The highest BCUT2D eigenvalue weighted by molar-refractivity contribution is 5.80. The van der Waals surface area contributed by atoms with Crippen LogP contribution in [0.25, 0.3) is 0 Å². The zero-order valence-electron chi connectivity index (χ0n) is 16.2. The number of rotatable bonds is 7. The third-order valence-electron chi connectivity index (χ3n) is 5.75. The topological polar surface area (TPSA) is 53.0 Å². The first-order valence-electron chi connectivity index (χ1n) is 10.1. The Morgan fingerprint density at radius 2 is 1.68 bits per heavy atom. The molecule has 3 heterocycles. The van der Waals surface area contributed by atoms with Gasteiger partial charge in [0.1, 0.15) is 12.4 Å². The first kappa shape index (κ1) is 19.0. The lowest BCUT2D eigenvalue weighted by molar-refractivity contribution is -0.140. The van der Waals surface area contributed by atoms with Crippen molar-refractivity contribution in [2.45, 2.75) is 32.0 Å². The summed E-state index contributed by atoms with van der Waals surface area (Å²) in [5.74, 6) is 1.20. The molecule has 2 bridgehead atoms. The molecule has 5 nitrogen and oxygen atoms in total. The molecule has 28 heavy (non-hydrogen) atoms. The number of piperidine rings is 1. The molecular formula is C23H28N2O3. The number of aliphatic hydroxyl groups excluding tert-OH is 1. The monoisotopic (exact) mass is 380 g/mol. The number of hydrogen-bond donors (Lipinski definition) is 1. The molecule has 148 valence electrons. The van der Waals surface area contributed by atoms with Crippen LogP contribution >= 0.6 is 0 Å². The van der Waals surface area contributed by atoms with Crippen molar-refractivity contribution in [1.82, 2.24) is 9.80 Å². The Bertz CT molecular complexity index is 778. The zero-order chi connectivity index (χ0) is 19.3. The largest absolute Gasteiger partial charge is 0.491 e. The van der Waals surface area contributed by atoms with Gasteiger partial charge in [0.15, 0.2) is 0 Å². The summed E-state index contributed by atoms with van der Waals surface area (Å²) in [6.45, 7) is 3.66. The van der Waals surface area contributed by atoms with E-state index in [1.54, 1.807) is 0 Å². The number of aliphatic hydroxyl groups is 1. The van der Waals surface area contributed by atoms with Crippen molar-refractivity contribution in [2.24, 2.45) is 5.92 Å². The van der Waals surface area contributed by atoms with Crippen LogP contribution in [0.15, 0.2) is 54.6 Å². The van der Waals surface area contributed by atoms with Crippen molar-refractivity contribution in [3.05, 3.63) is 65.7 Å². The Kier molecular flexibility index (Phi) is 5.93. The molecule has 2 atom stereocenters. The van der Waals surface area contributed by atoms with Crippen molar-refractivity contribution >= 4 is 5.91 Å². The number of nitrogens with zero attached hydrogens (tertiary/aromatic N) is 2. The van der Waals surface area contributed by atoms with Gasteiger partial charge in [-0.2, -0.15) is 0 Å². The lowest BCUT2D eigenvalue weighted by Gasteiger charge is -2.36. The minimum absolute atomic E-state index is 0.0197. The van der Waals surface area contributed by atoms with Crippen LogP contribution in [0, 0.1) is 5.92 Å². The molecule has 3 fully saturated rings. The molecule has 5 heteroatoms. The molecule has 5 rings (SSSR count). The average molecular weight is 380 g/mol. The number of carbonyl (C=O) groups excluding carboxylic acids is 1. The van der Waals surface area contributed by atoms with Crippen LogP contribution in [0.2, 0.25) is 0 Å². The van der Waals surface area contributed by atoms with Crippen molar-refractivity contribution < 1.29 is 14.6 Å². The van der Waals surface area contributed by atoms with E-state index in [0.29, 0.717) is 25.1 Å². The molecule has 0 aliphatic carbocycles. The van der Waals surface area contributed by atoms with E-state index in [0.717, 1.165) is 38.2 Å². The summed E-state index contributed by atoms with van der Waals surface area (Å²) in [6.07, 6.45) is 2.09. The van der Waals surface area contributed by atoms with E-state index in [9.17, 15) is 4.79 Å². The first-order valence-corrected chi connectivity index (χ1v) is 10.1. The van der Waals surface area contributed by atoms with Crippen molar-refractivity contribution in [1.29, 1.82) is 0 Å². The van der Waals surface area contributed by atoms with Gasteiger partial charge in [-0.15, -0.1) is 0 Å². The fourth-order valence-corrected chi connectivity index (χ4v) is 4.36. The first-order chi connectivity index (χ1) is 13.7. The fourth-order valence-electron chi connectivity index (χ4n) is 4.36. The highest BCUT2D eigenvalue weighted by atomic mass is 16.5. The molecule has 0 aromatic heterocycles. The maximum Gasteiger partial charge on any atom is 0.227 e. The van der Waals surface area contributed by atoms with E-state index in [-0.39, 0.29) is 12.5 Å². The summed E-state index contributed by atoms with van der Waals surface area (Å²) in [7, 11) is 0. The summed E-state index contributed by atoms with van der Waals surface area (Å²) in [4.78, 5) is 17.5. The molecule has 2 aromatic carbocycles. The Balaban J connectivity index is 1.42. The number of fused-ring (bicyclic) bond motifs is 4. The summed E-state index contributed by atoms with van der Waals surface area (Å²) >= 11 is 0. The average Bonchev–Trinajstić information content (AvgIpc) is 3.00. The van der Waals surface area contributed by atoms with E-state index in [1.165, 1.54) is 11.1 Å². The van der Waals surface area contributed by atoms with Gasteiger partial charge in [-0.05, 0) is 36.1 Å². The van der Waals surface area contributed by atoms with Gasteiger partial charge < -0.3 is 14.7 Å². The number of hydrogen-bond acceptors (Lipinski definition) is 4. The second-order valence-corrected chi connectivity index (χ2v) is 7.79. The minimum atomic E-state index is 0.0197. The second-order valence-electron chi connectivity index (χ2n) is 7.79. The molecule has 1 N–H and O–H groups in total. The maximum atomic E-state index is 13.0. The van der Waals surface area contributed by atoms with Crippen LogP contribution in [-0.4, -0.2) is 53.2 Å². The molecule has 2 aromatic rings. The lowest BCUT2D eigenvalue weighted by atomic mass is 9.93. The third kappa shape index (κ3) is 4.37. The Morgan fingerprint density at radius 1 is 0.929 bits per heavy atom. The van der Waals surface area contributed by atoms with Crippen LogP contribution < -0.4 is 4.74 Å². The molecule has 3 aliphatic rings. The number of benzene rings is 2. The Morgan fingerprint density at radius 3 is 2.43 bits per heavy atom. The minimum Gasteiger partial charge on any atom is -0.491 e. The number of carbonyl (C=O) groups is 1. The smallest absolute Gasteiger partial charge is 0.227 e. The molecule has 0 spiro atoms. The van der Waals surface area contributed by atoms with Crippen LogP contribution in [0.3, 0.4) is 0 Å². The van der Waals surface area contributed by atoms with Crippen molar-refractivity contribution in [2.75, 3.05) is 26.3 Å². The predicted molar refractivity (Wildman–Crippen MR) is 108 cm³/mol. The van der Waals surface area contributed by atoms with E-state index < -0.39 is 0 Å². The molecule has 0 radical (unpaired) electrons. The van der Waals surface area contributed by atoms with Crippen LogP contribution in [0.5, 0.6) is 5.75 Å². The number of ether oxygens (including phenoxy) is 1. The van der Waals surface area contributed by atoms with Crippen LogP contribution in [0.1, 0.15) is 24.0 Å². The predicted octanol–water partition coefficient (Wildman–Crippen LogP) is 2.68. The van der Waals surface area contributed by atoms with E-state index in [4.69, 9.17) is 9.84 Å². The zero-order valence-corrected chi connectivity index (χ0v) is 16.2. The van der Waals surface area contributed by atoms with Gasteiger partial charge in [0.05, 0.1) is 12.5 Å². The van der Waals surface area contributed by atoms with Gasteiger partial charge in [0.25, 0.3) is 0 Å². The van der Waals surface area contributed by atoms with Crippen LogP contribution in [0.4, 0.5) is 0 Å². The highest BCUT2D eigenvalue weighted by Gasteiger charge is 2.40. The summed E-state index contributed by atoms with van der Waals surface area (Å²) in [6, 6.07) is 18.6. The maximum absolute atomic E-state index is 13.0. The molecule has 0 unspecified atom stereocenters. The van der Waals surface area contributed by atoms with Gasteiger partial charge >= 0.3 is 0 Å². The SMILES string of the molecule is O=C1[C@H]2CC[C@H](CN(Cc3ccc(OCCO)cc3)C2)N1Cc1ccccc1. The quantitative estimate of drug-likeness (QED) is 0.802. The molecule has 3 saturated heterocycles. The van der Waals surface area contributed by atoms with E-state index >= 15 is 0 Å². The van der Waals surface area contributed by atoms with Gasteiger partial charge in [-0.3, -0.25) is 9.69 Å². The Hall–Kier alpha value is -2.37. The fraction of sp³-hybridized carbons (Fsp3) is 0.435. The highest BCUT2D eigenvalue weighted by Crippen LogP contribution is 2.31. The Labute approximate surface area is 166 Å². The van der Waals surface area contributed by atoms with Gasteiger partial charge in [-0.1, -0.05) is 42.5 Å². The summed E-state index contributed by atoms with van der Waals surface area (Å²) in [5, 5.41) is 8.85.